The summed E-state index contributed by atoms with van der Waals surface area (Å²) in [4.78, 5) is 21.9. The Hall–Kier alpha value is -2.24. The van der Waals surface area contributed by atoms with E-state index in [0.717, 1.165) is 25.0 Å². The highest BCUT2D eigenvalue weighted by molar-refractivity contribution is 5.95. The Labute approximate surface area is 117 Å². The monoisotopic (exact) mass is 275 g/mol. The molecule has 0 radical (unpaired) electrons. The molecule has 1 aliphatic rings. The van der Waals surface area contributed by atoms with Gasteiger partial charge in [-0.2, -0.15) is 5.10 Å². The molecule has 0 aromatic heterocycles. The van der Waals surface area contributed by atoms with Crippen LogP contribution in [0, 0.1) is 16.0 Å². The quantitative estimate of drug-likeness (QED) is 0.680. The number of hydrogen-bond donors (Lipinski definition) is 1. The van der Waals surface area contributed by atoms with Crippen LogP contribution in [-0.2, 0) is 0 Å². The maximum absolute atomic E-state index is 11.9. The van der Waals surface area contributed by atoms with Crippen molar-refractivity contribution in [2.24, 2.45) is 11.0 Å². The fourth-order valence-corrected chi connectivity index (χ4v) is 2.29. The number of amides is 1. The molecule has 2 rings (SSSR count). The van der Waals surface area contributed by atoms with Crippen molar-refractivity contribution in [2.45, 2.75) is 32.6 Å². The van der Waals surface area contributed by atoms with Gasteiger partial charge in [-0.25, -0.2) is 5.43 Å². The molecular weight excluding hydrogens is 258 g/mol. The van der Waals surface area contributed by atoms with Gasteiger partial charge in [-0.15, -0.1) is 0 Å². The lowest BCUT2D eigenvalue weighted by Crippen LogP contribution is -2.22. The highest BCUT2D eigenvalue weighted by atomic mass is 16.6. The summed E-state index contributed by atoms with van der Waals surface area (Å²) in [5, 5.41) is 14.7. The summed E-state index contributed by atoms with van der Waals surface area (Å²) in [5.41, 5.74) is 3.86. The number of non-ortho nitro benzene ring substituents is 1. The van der Waals surface area contributed by atoms with Gasteiger partial charge in [0.05, 0.1) is 4.92 Å². The Morgan fingerprint density at radius 1 is 1.40 bits per heavy atom. The van der Waals surface area contributed by atoms with Crippen LogP contribution in [-0.4, -0.2) is 16.5 Å². The molecule has 106 valence electrons. The molecule has 0 unspecified atom stereocenters. The molecule has 1 N–H and O–H groups in total. The van der Waals surface area contributed by atoms with Gasteiger partial charge in [0.2, 0.25) is 0 Å². The molecule has 6 nitrogen and oxygen atoms in total. The first-order valence-electron chi connectivity index (χ1n) is 6.66. The summed E-state index contributed by atoms with van der Waals surface area (Å²) in [6, 6.07) is 5.48. The van der Waals surface area contributed by atoms with Crippen molar-refractivity contribution >= 4 is 17.3 Å². The molecule has 0 aliphatic heterocycles. The van der Waals surface area contributed by atoms with Crippen molar-refractivity contribution in [3.05, 3.63) is 39.9 Å². The third kappa shape index (κ3) is 3.63. The largest absolute Gasteiger partial charge is 0.271 e. The Balaban J connectivity index is 1.97. The molecule has 1 atom stereocenters. The van der Waals surface area contributed by atoms with Gasteiger partial charge in [-0.1, -0.05) is 6.92 Å². The number of benzene rings is 1. The summed E-state index contributed by atoms with van der Waals surface area (Å²) in [7, 11) is 0. The number of hydrogen-bond acceptors (Lipinski definition) is 4. The van der Waals surface area contributed by atoms with E-state index in [4.69, 9.17) is 0 Å². The zero-order chi connectivity index (χ0) is 14.5. The molecule has 1 aliphatic carbocycles. The van der Waals surface area contributed by atoms with E-state index in [1.165, 1.54) is 30.7 Å². The summed E-state index contributed by atoms with van der Waals surface area (Å²) >= 11 is 0. The Morgan fingerprint density at radius 2 is 2.10 bits per heavy atom. The lowest BCUT2D eigenvalue weighted by Gasteiger charge is -2.18. The highest BCUT2D eigenvalue weighted by Gasteiger charge is 2.14. The third-order valence-electron chi connectivity index (χ3n) is 3.40. The smallest absolute Gasteiger partial charge is 0.267 e. The van der Waals surface area contributed by atoms with E-state index in [1.54, 1.807) is 0 Å². The number of nitro groups is 1. The molecule has 0 heterocycles. The van der Waals surface area contributed by atoms with E-state index >= 15 is 0 Å². The number of rotatable bonds is 3. The Bertz CT molecular complexity index is 537. The second-order valence-electron chi connectivity index (χ2n) is 5.12. The van der Waals surface area contributed by atoms with Crippen molar-refractivity contribution in [2.75, 3.05) is 0 Å². The Kier molecular flexibility index (Phi) is 4.45. The number of nitrogens with one attached hydrogen (secondary N) is 1. The van der Waals surface area contributed by atoms with Crippen LogP contribution in [0.3, 0.4) is 0 Å². The second kappa shape index (κ2) is 6.27. The van der Waals surface area contributed by atoms with Crippen LogP contribution in [0.4, 0.5) is 5.69 Å². The lowest BCUT2D eigenvalue weighted by atomic mass is 9.89. The minimum Gasteiger partial charge on any atom is -0.267 e. The third-order valence-corrected chi connectivity index (χ3v) is 3.40. The molecule has 1 aromatic rings. The molecule has 1 aromatic carbocycles. The van der Waals surface area contributed by atoms with Crippen LogP contribution >= 0.6 is 0 Å². The molecule has 1 amide bonds. The SMILES string of the molecule is C[C@H]1CCCC(=NNC(=O)c2ccc([N+](=O)[O-])cc2)C1. The first-order valence-corrected chi connectivity index (χ1v) is 6.66. The van der Waals surface area contributed by atoms with Crippen molar-refractivity contribution < 1.29 is 9.72 Å². The number of hydrazone groups is 1. The van der Waals surface area contributed by atoms with Crippen LogP contribution in [0.5, 0.6) is 0 Å². The topological polar surface area (TPSA) is 84.6 Å². The first-order chi connectivity index (χ1) is 9.56. The Morgan fingerprint density at radius 3 is 2.70 bits per heavy atom. The van der Waals surface area contributed by atoms with E-state index in [1.807, 2.05) is 0 Å². The maximum atomic E-state index is 11.9. The normalized spacial score (nSPS) is 20.6. The van der Waals surface area contributed by atoms with Gasteiger partial charge < -0.3 is 0 Å². The highest BCUT2D eigenvalue weighted by Crippen LogP contribution is 2.21. The van der Waals surface area contributed by atoms with E-state index in [-0.39, 0.29) is 11.6 Å². The molecule has 6 heteroatoms. The molecule has 0 spiro atoms. The molecular formula is C14H17N3O3. The average molecular weight is 275 g/mol. The number of nitrogens with zero attached hydrogens (tertiary/aromatic N) is 2. The van der Waals surface area contributed by atoms with E-state index < -0.39 is 4.92 Å². The molecule has 0 bridgehead atoms. The van der Waals surface area contributed by atoms with Crippen molar-refractivity contribution in [1.29, 1.82) is 0 Å². The van der Waals surface area contributed by atoms with Gasteiger partial charge in [0.25, 0.3) is 11.6 Å². The van der Waals surface area contributed by atoms with Gasteiger partial charge in [-0.05, 0) is 43.7 Å². The fourth-order valence-electron chi connectivity index (χ4n) is 2.29. The standard InChI is InChI=1S/C14H17N3O3/c1-10-3-2-4-12(9-10)15-16-14(18)11-5-7-13(8-6-11)17(19)20/h5-8,10H,2-4,9H2,1H3,(H,16,18)/t10-/m0/s1. The van der Waals surface area contributed by atoms with E-state index in [2.05, 4.69) is 17.5 Å². The molecule has 1 fully saturated rings. The van der Waals surface area contributed by atoms with Crippen LogP contribution in [0.1, 0.15) is 43.0 Å². The van der Waals surface area contributed by atoms with Crippen LogP contribution in [0.15, 0.2) is 29.4 Å². The summed E-state index contributed by atoms with van der Waals surface area (Å²) in [6.45, 7) is 2.17. The minimum atomic E-state index is -0.495. The minimum absolute atomic E-state index is 0.0334. The van der Waals surface area contributed by atoms with Gasteiger partial charge in [0.1, 0.15) is 0 Å². The molecule has 0 saturated heterocycles. The fraction of sp³-hybridized carbons (Fsp3) is 0.429. The van der Waals surface area contributed by atoms with Gasteiger partial charge in [0, 0.05) is 23.4 Å². The van der Waals surface area contributed by atoms with Crippen molar-refractivity contribution in [3.8, 4) is 0 Å². The maximum Gasteiger partial charge on any atom is 0.271 e. The van der Waals surface area contributed by atoms with Gasteiger partial charge in [-0.3, -0.25) is 14.9 Å². The zero-order valence-electron chi connectivity index (χ0n) is 11.3. The summed E-state index contributed by atoms with van der Waals surface area (Å²) < 4.78 is 0. The predicted molar refractivity (Wildman–Crippen MR) is 75.6 cm³/mol. The van der Waals surface area contributed by atoms with Crippen molar-refractivity contribution in [1.82, 2.24) is 5.43 Å². The van der Waals surface area contributed by atoms with Crippen LogP contribution in [0.25, 0.3) is 0 Å². The summed E-state index contributed by atoms with van der Waals surface area (Å²) in [5.74, 6) is 0.268. The number of carbonyl (C=O) groups is 1. The van der Waals surface area contributed by atoms with Crippen molar-refractivity contribution in [3.63, 3.8) is 0 Å². The van der Waals surface area contributed by atoms with Crippen LogP contribution < -0.4 is 5.43 Å². The average Bonchev–Trinajstić information content (AvgIpc) is 2.45. The number of carbonyl (C=O) groups excluding carboxylic acids is 1. The predicted octanol–water partition coefficient (Wildman–Crippen LogP) is 2.89. The molecule has 1 saturated carbocycles. The van der Waals surface area contributed by atoms with Crippen LogP contribution in [0.2, 0.25) is 0 Å². The first kappa shape index (κ1) is 14.2. The van der Waals surface area contributed by atoms with E-state index in [9.17, 15) is 14.9 Å². The zero-order valence-corrected chi connectivity index (χ0v) is 11.3. The van der Waals surface area contributed by atoms with Gasteiger partial charge in [0.15, 0.2) is 0 Å². The van der Waals surface area contributed by atoms with Gasteiger partial charge >= 0.3 is 0 Å². The second-order valence-corrected chi connectivity index (χ2v) is 5.12. The number of nitro benzene ring substituents is 1. The molecule has 20 heavy (non-hydrogen) atoms. The summed E-state index contributed by atoms with van der Waals surface area (Å²) in [6.07, 6.45) is 4.15. The lowest BCUT2D eigenvalue weighted by molar-refractivity contribution is -0.384. The van der Waals surface area contributed by atoms with E-state index in [0.29, 0.717) is 11.5 Å².